The van der Waals surface area contributed by atoms with Crippen molar-refractivity contribution in [2.75, 3.05) is 6.54 Å². The molecule has 0 saturated heterocycles. The molecular formula is C14H16FNOS. The molecule has 0 bridgehead atoms. The number of benzene rings is 1. The van der Waals surface area contributed by atoms with Crippen LogP contribution in [0, 0.1) is 19.7 Å². The molecule has 96 valence electrons. The van der Waals surface area contributed by atoms with Gasteiger partial charge in [0.25, 0.3) is 0 Å². The van der Waals surface area contributed by atoms with Gasteiger partial charge in [0.15, 0.2) is 0 Å². The first-order valence-corrected chi connectivity index (χ1v) is 6.61. The minimum absolute atomic E-state index is 0.217. The van der Waals surface area contributed by atoms with Gasteiger partial charge in [0, 0.05) is 22.4 Å². The van der Waals surface area contributed by atoms with E-state index in [-0.39, 0.29) is 11.9 Å². The molecule has 1 aromatic carbocycles. The van der Waals surface area contributed by atoms with Crippen LogP contribution in [0.3, 0.4) is 0 Å². The van der Waals surface area contributed by atoms with Crippen LogP contribution < -0.4 is 10.5 Å². The minimum Gasteiger partial charge on any atom is -0.483 e. The van der Waals surface area contributed by atoms with Crippen molar-refractivity contribution in [2.24, 2.45) is 5.73 Å². The van der Waals surface area contributed by atoms with Gasteiger partial charge in [-0.05, 0) is 37.6 Å². The number of halogens is 1. The molecule has 2 nitrogen and oxygen atoms in total. The molecule has 0 aliphatic carbocycles. The Morgan fingerprint density at radius 3 is 2.61 bits per heavy atom. The largest absolute Gasteiger partial charge is 0.483 e. The van der Waals surface area contributed by atoms with Crippen LogP contribution in [0.4, 0.5) is 4.39 Å². The van der Waals surface area contributed by atoms with Gasteiger partial charge < -0.3 is 10.5 Å². The Kier molecular flexibility index (Phi) is 3.99. The maximum Gasteiger partial charge on any atom is 0.145 e. The summed E-state index contributed by atoms with van der Waals surface area (Å²) in [6.07, 6.45) is -0.217. The molecule has 1 atom stereocenters. The second kappa shape index (κ2) is 5.50. The van der Waals surface area contributed by atoms with Crippen molar-refractivity contribution in [3.63, 3.8) is 0 Å². The average Bonchev–Trinajstić information content (AvgIpc) is 2.77. The van der Waals surface area contributed by atoms with Gasteiger partial charge in [0.1, 0.15) is 17.7 Å². The molecule has 0 radical (unpaired) electrons. The molecule has 2 N–H and O–H groups in total. The summed E-state index contributed by atoms with van der Waals surface area (Å²) in [5.74, 6) is 0.255. The number of aryl methyl sites for hydroxylation is 2. The molecule has 2 aromatic rings. The van der Waals surface area contributed by atoms with Gasteiger partial charge in [-0.1, -0.05) is 6.07 Å². The zero-order valence-corrected chi connectivity index (χ0v) is 11.3. The van der Waals surface area contributed by atoms with E-state index in [1.807, 2.05) is 19.1 Å². The Morgan fingerprint density at radius 1 is 1.28 bits per heavy atom. The molecular weight excluding hydrogens is 249 g/mol. The minimum atomic E-state index is -0.259. The van der Waals surface area contributed by atoms with Gasteiger partial charge in [-0.25, -0.2) is 4.39 Å². The molecule has 0 saturated carbocycles. The Hall–Kier alpha value is -1.39. The molecule has 1 unspecified atom stereocenters. The monoisotopic (exact) mass is 265 g/mol. The predicted molar refractivity (Wildman–Crippen MR) is 72.6 cm³/mol. The van der Waals surface area contributed by atoms with Crippen LogP contribution >= 0.6 is 11.3 Å². The molecule has 0 aliphatic heterocycles. The first-order valence-electron chi connectivity index (χ1n) is 5.79. The average molecular weight is 265 g/mol. The van der Waals surface area contributed by atoms with E-state index in [2.05, 4.69) is 0 Å². The van der Waals surface area contributed by atoms with Crippen LogP contribution in [-0.2, 0) is 0 Å². The Morgan fingerprint density at radius 2 is 2.06 bits per heavy atom. The maximum absolute atomic E-state index is 13.4. The Labute approximate surface area is 110 Å². The van der Waals surface area contributed by atoms with E-state index in [1.54, 1.807) is 30.4 Å². The quantitative estimate of drug-likeness (QED) is 0.917. The fourth-order valence-corrected chi connectivity index (χ4v) is 2.58. The summed E-state index contributed by atoms with van der Waals surface area (Å²) >= 11 is 1.65. The number of rotatable bonds is 4. The Bertz CT molecular complexity index is 538. The molecule has 1 aromatic heterocycles. The fourth-order valence-electron chi connectivity index (χ4n) is 1.66. The third kappa shape index (κ3) is 2.89. The van der Waals surface area contributed by atoms with E-state index in [4.69, 9.17) is 10.5 Å². The summed E-state index contributed by atoms with van der Waals surface area (Å²) < 4.78 is 19.2. The van der Waals surface area contributed by atoms with Gasteiger partial charge in [-0.2, -0.15) is 0 Å². The van der Waals surface area contributed by atoms with Crippen molar-refractivity contribution >= 4 is 11.3 Å². The molecule has 0 fully saturated rings. The lowest BCUT2D eigenvalue weighted by atomic mass is 10.2. The molecule has 1 heterocycles. The number of hydrogen-bond donors (Lipinski definition) is 1. The summed E-state index contributed by atoms with van der Waals surface area (Å²) in [5.41, 5.74) is 6.33. The highest BCUT2D eigenvalue weighted by Crippen LogP contribution is 2.27. The summed E-state index contributed by atoms with van der Waals surface area (Å²) in [5, 5.41) is 0. The van der Waals surface area contributed by atoms with E-state index in [9.17, 15) is 4.39 Å². The van der Waals surface area contributed by atoms with Crippen molar-refractivity contribution in [1.82, 2.24) is 0 Å². The lowest BCUT2D eigenvalue weighted by Gasteiger charge is -2.16. The topological polar surface area (TPSA) is 35.2 Å². The zero-order valence-electron chi connectivity index (χ0n) is 10.4. The van der Waals surface area contributed by atoms with Crippen LogP contribution in [0.25, 0.3) is 0 Å². The van der Waals surface area contributed by atoms with E-state index in [0.29, 0.717) is 17.9 Å². The summed E-state index contributed by atoms with van der Waals surface area (Å²) in [7, 11) is 0. The van der Waals surface area contributed by atoms with Crippen molar-refractivity contribution < 1.29 is 9.13 Å². The molecule has 0 spiro atoms. The van der Waals surface area contributed by atoms with Crippen LogP contribution in [0.5, 0.6) is 5.75 Å². The number of thiophene rings is 1. The van der Waals surface area contributed by atoms with Crippen molar-refractivity contribution in [3.05, 3.63) is 51.5 Å². The van der Waals surface area contributed by atoms with Crippen LogP contribution in [0.1, 0.15) is 21.4 Å². The van der Waals surface area contributed by atoms with Crippen LogP contribution in [0.15, 0.2) is 30.3 Å². The molecule has 18 heavy (non-hydrogen) atoms. The smallest absolute Gasteiger partial charge is 0.145 e. The maximum atomic E-state index is 13.4. The Balaban J connectivity index is 2.17. The molecule has 0 aliphatic rings. The second-order valence-electron chi connectivity index (χ2n) is 4.20. The van der Waals surface area contributed by atoms with E-state index < -0.39 is 0 Å². The van der Waals surface area contributed by atoms with Crippen LogP contribution in [-0.4, -0.2) is 6.54 Å². The van der Waals surface area contributed by atoms with Crippen molar-refractivity contribution in [1.29, 1.82) is 0 Å². The van der Waals surface area contributed by atoms with E-state index >= 15 is 0 Å². The third-order valence-corrected chi connectivity index (χ3v) is 3.81. The van der Waals surface area contributed by atoms with Gasteiger partial charge in [-0.15, -0.1) is 11.3 Å². The summed E-state index contributed by atoms with van der Waals surface area (Å²) in [4.78, 5) is 2.28. The van der Waals surface area contributed by atoms with E-state index in [1.165, 1.54) is 10.9 Å². The molecule has 2 rings (SSSR count). The molecule has 4 heteroatoms. The van der Waals surface area contributed by atoms with Gasteiger partial charge >= 0.3 is 0 Å². The SMILES string of the molecule is Cc1ccc(C(CN)Oc2ccc(C)c(F)c2)s1. The first-order chi connectivity index (χ1) is 8.60. The van der Waals surface area contributed by atoms with Gasteiger partial charge in [0.05, 0.1) is 0 Å². The number of ether oxygens (including phenoxy) is 1. The highest BCUT2D eigenvalue weighted by Gasteiger charge is 2.14. The lowest BCUT2D eigenvalue weighted by molar-refractivity contribution is 0.217. The normalized spacial score (nSPS) is 12.4. The van der Waals surface area contributed by atoms with Gasteiger partial charge in [0.2, 0.25) is 0 Å². The standard InChI is InChI=1S/C14H16FNOS/c1-9-3-5-11(7-12(9)15)17-13(8-16)14-6-4-10(2)18-14/h3-7,13H,8,16H2,1-2H3. The highest BCUT2D eigenvalue weighted by molar-refractivity contribution is 7.12. The van der Waals surface area contributed by atoms with Crippen molar-refractivity contribution in [2.45, 2.75) is 20.0 Å². The van der Waals surface area contributed by atoms with E-state index in [0.717, 1.165) is 4.88 Å². The number of nitrogens with two attached hydrogens (primary N) is 1. The second-order valence-corrected chi connectivity index (χ2v) is 5.52. The fraction of sp³-hybridized carbons (Fsp3) is 0.286. The molecule has 0 amide bonds. The van der Waals surface area contributed by atoms with Gasteiger partial charge in [-0.3, -0.25) is 0 Å². The highest BCUT2D eigenvalue weighted by atomic mass is 32.1. The third-order valence-electron chi connectivity index (χ3n) is 2.71. The summed E-state index contributed by atoms with van der Waals surface area (Å²) in [6, 6.07) is 8.90. The number of hydrogen-bond acceptors (Lipinski definition) is 3. The first kappa shape index (κ1) is 13.1. The zero-order chi connectivity index (χ0) is 13.1. The summed E-state index contributed by atoms with van der Waals surface area (Å²) in [6.45, 7) is 4.13. The lowest BCUT2D eigenvalue weighted by Crippen LogP contribution is -2.17. The van der Waals surface area contributed by atoms with Crippen LogP contribution in [0.2, 0.25) is 0 Å². The van der Waals surface area contributed by atoms with Crippen molar-refractivity contribution in [3.8, 4) is 5.75 Å². The predicted octanol–water partition coefficient (Wildman–Crippen LogP) is 3.58.